The number of anilines is 1. The van der Waals surface area contributed by atoms with Crippen molar-refractivity contribution in [3.8, 4) is 17.2 Å². The molecular weight excluding hydrogens is 330 g/mol. The molecule has 0 heterocycles. The number of para-hydroxylation sites is 1. The van der Waals surface area contributed by atoms with Crippen LogP contribution in [0.1, 0.15) is 17.3 Å². The maximum atomic E-state index is 12.3. The summed E-state index contributed by atoms with van der Waals surface area (Å²) in [5, 5.41) is 2.79. The molecule has 0 fully saturated rings. The zero-order chi connectivity index (χ0) is 18.4. The maximum absolute atomic E-state index is 12.3. The van der Waals surface area contributed by atoms with E-state index in [1.165, 1.54) is 13.0 Å². The molecule has 0 aliphatic carbocycles. The van der Waals surface area contributed by atoms with Gasteiger partial charge in [-0.25, -0.2) is 0 Å². The van der Waals surface area contributed by atoms with Gasteiger partial charge in [-0.3, -0.25) is 9.59 Å². The second kappa shape index (κ2) is 7.98. The molecule has 3 rings (SSSR count). The fraction of sp³-hybridized carbons (Fsp3) is 0.0476. The Morgan fingerprint density at radius 3 is 2.12 bits per heavy atom. The highest BCUT2D eigenvalue weighted by Crippen LogP contribution is 2.23. The molecule has 5 nitrogen and oxygen atoms in total. The maximum Gasteiger partial charge on any atom is 0.308 e. The monoisotopic (exact) mass is 347 g/mol. The summed E-state index contributed by atoms with van der Waals surface area (Å²) >= 11 is 0. The number of rotatable bonds is 5. The lowest BCUT2D eigenvalue weighted by Crippen LogP contribution is -2.12. The molecule has 0 atom stereocenters. The van der Waals surface area contributed by atoms with Crippen LogP contribution in [-0.2, 0) is 4.79 Å². The fourth-order valence-electron chi connectivity index (χ4n) is 2.30. The smallest absolute Gasteiger partial charge is 0.308 e. The Hall–Kier alpha value is -3.60. The molecule has 0 aromatic heterocycles. The molecule has 3 aromatic carbocycles. The molecule has 0 aliphatic rings. The zero-order valence-electron chi connectivity index (χ0n) is 14.1. The van der Waals surface area contributed by atoms with E-state index in [1.54, 1.807) is 42.5 Å². The van der Waals surface area contributed by atoms with Crippen molar-refractivity contribution in [1.82, 2.24) is 0 Å². The molecule has 0 radical (unpaired) electrons. The lowest BCUT2D eigenvalue weighted by molar-refractivity contribution is -0.131. The first-order valence-corrected chi connectivity index (χ1v) is 8.03. The van der Waals surface area contributed by atoms with Crippen LogP contribution in [-0.4, -0.2) is 11.9 Å². The highest BCUT2D eigenvalue weighted by Gasteiger charge is 2.08. The van der Waals surface area contributed by atoms with Gasteiger partial charge >= 0.3 is 5.97 Å². The number of nitrogens with one attached hydrogen (secondary N) is 1. The van der Waals surface area contributed by atoms with Gasteiger partial charge in [-0.1, -0.05) is 24.3 Å². The summed E-state index contributed by atoms with van der Waals surface area (Å²) in [6.07, 6.45) is 0. The summed E-state index contributed by atoms with van der Waals surface area (Å²) in [4.78, 5) is 23.4. The second-order valence-corrected chi connectivity index (χ2v) is 5.52. The summed E-state index contributed by atoms with van der Waals surface area (Å²) in [5.74, 6) is 1.02. The van der Waals surface area contributed by atoms with Crippen LogP contribution >= 0.6 is 0 Å². The normalized spacial score (nSPS) is 10.0. The molecule has 130 valence electrons. The Balaban J connectivity index is 1.65. The predicted molar refractivity (Wildman–Crippen MR) is 98.7 cm³/mol. The third kappa shape index (κ3) is 4.70. The van der Waals surface area contributed by atoms with Crippen LogP contribution < -0.4 is 14.8 Å². The molecule has 3 aromatic rings. The van der Waals surface area contributed by atoms with Crippen LogP contribution in [0.15, 0.2) is 78.9 Å². The summed E-state index contributed by atoms with van der Waals surface area (Å²) in [5.41, 5.74) is 1.03. The number of benzene rings is 3. The first kappa shape index (κ1) is 17.2. The molecule has 0 unspecified atom stereocenters. The van der Waals surface area contributed by atoms with Crippen molar-refractivity contribution in [2.45, 2.75) is 6.92 Å². The van der Waals surface area contributed by atoms with Crippen molar-refractivity contribution in [2.24, 2.45) is 0 Å². The Morgan fingerprint density at radius 1 is 0.769 bits per heavy atom. The van der Waals surface area contributed by atoms with Gasteiger partial charge in [0.2, 0.25) is 0 Å². The Bertz CT molecular complexity index is 905. The van der Waals surface area contributed by atoms with Gasteiger partial charge in [0.1, 0.15) is 17.2 Å². The average molecular weight is 347 g/mol. The Morgan fingerprint density at radius 2 is 1.42 bits per heavy atom. The van der Waals surface area contributed by atoms with Crippen molar-refractivity contribution < 1.29 is 19.1 Å². The van der Waals surface area contributed by atoms with Crippen molar-refractivity contribution in [1.29, 1.82) is 0 Å². The number of hydrogen-bond acceptors (Lipinski definition) is 4. The van der Waals surface area contributed by atoms with Gasteiger partial charge in [0.25, 0.3) is 5.91 Å². The van der Waals surface area contributed by atoms with Crippen molar-refractivity contribution >= 4 is 17.6 Å². The lowest BCUT2D eigenvalue weighted by Gasteiger charge is -2.09. The summed E-state index contributed by atoms with van der Waals surface area (Å²) in [6.45, 7) is 1.31. The molecule has 0 aliphatic heterocycles. The number of carbonyl (C=O) groups is 2. The predicted octanol–water partition coefficient (Wildman–Crippen LogP) is 4.66. The van der Waals surface area contributed by atoms with Crippen LogP contribution in [0.2, 0.25) is 0 Å². The first-order valence-electron chi connectivity index (χ1n) is 8.03. The van der Waals surface area contributed by atoms with Crippen molar-refractivity contribution in [2.75, 3.05) is 5.32 Å². The lowest BCUT2D eigenvalue weighted by atomic mass is 10.2. The first-order chi connectivity index (χ1) is 12.6. The number of esters is 1. The molecule has 26 heavy (non-hydrogen) atoms. The van der Waals surface area contributed by atoms with Crippen LogP contribution in [0, 0.1) is 0 Å². The topological polar surface area (TPSA) is 64.6 Å². The van der Waals surface area contributed by atoms with Gasteiger partial charge in [0.05, 0.1) is 0 Å². The average Bonchev–Trinajstić information content (AvgIpc) is 2.64. The molecule has 5 heteroatoms. The van der Waals surface area contributed by atoms with Crippen LogP contribution in [0.3, 0.4) is 0 Å². The second-order valence-electron chi connectivity index (χ2n) is 5.52. The van der Waals surface area contributed by atoms with Crippen molar-refractivity contribution in [3.05, 3.63) is 84.4 Å². The summed E-state index contributed by atoms with van der Waals surface area (Å²) < 4.78 is 10.7. The molecule has 0 bridgehead atoms. The van der Waals surface area contributed by atoms with E-state index in [2.05, 4.69) is 5.32 Å². The minimum absolute atomic E-state index is 0.296. The summed E-state index contributed by atoms with van der Waals surface area (Å²) in [6, 6.07) is 23.0. The van der Waals surface area contributed by atoms with Gasteiger partial charge in [0.15, 0.2) is 0 Å². The third-order valence-electron chi connectivity index (χ3n) is 3.45. The molecule has 0 saturated heterocycles. The van der Waals surface area contributed by atoms with Crippen LogP contribution in [0.25, 0.3) is 0 Å². The zero-order valence-corrected chi connectivity index (χ0v) is 14.1. The van der Waals surface area contributed by atoms with E-state index in [-0.39, 0.29) is 5.91 Å². The minimum atomic E-state index is -0.434. The molecule has 0 spiro atoms. The third-order valence-corrected chi connectivity index (χ3v) is 3.45. The quantitative estimate of drug-likeness (QED) is 0.539. The van der Waals surface area contributed by atoms with E-state index >= 15 is 0 Å². The van der Waals surface area contributed by atoms with Crippen molar-refractivity contribution in [3.63, 3.8) is 0 Å². The van der Waals surface area contributed by atoms with E-state index in [0.717, 1.165) is 5.75 Å². The van der Waals surface area contributed by atoms with Gasteiger partial charge in [0, 0.05) is 18.2 Å². The number of hydrogen-bond donors (Lipinski definition) is 1. The number of carbonyl (C=O) groups excluding carboxylic acids is 2. The minimum Gasteiger partial charge on any atom is -0.457 e. The van der Waals surface area contributed by atoms with E-state index in [9.17, 15) is 9.59 Å². The molecule has 1 amide bonds. The fourth-order valence-corrected chi connectivity index (χ4v) is 2.30. The largest absolute Gasteiger partial charge is 0.457 e. The van der Waals surface area contributed by atoms with Gasteiger partial charge in [-0.2, -0.15) is 0 Å². The Kier molecular flexibility index (Phi) is 5.29. The van der Waals surface area contributed by atoms with E-state index in [4.69, 9.17) is 9.47 Å². The van der Waals surface area contributed by atoms with Gasteiger partial charge in [-0.05, 0) is 54.6 Å². The standard InChI is InChI=1S/C21H17NO4/c1-15(23)25-20-9-5-6-16(14-20)21(24)22-17-10-12-19(13-11-17)26-18-7-3-2-4-8-18/h2-14H,1H3,(H,22,24). The van der Waals surface area contributed by atoms with Gasteiger partial charge in [-0.15, -0.1) is 0 Å². The van der Waals surface area contributed by atoms with E-state index in [0.29, 0.717) is 22.7 Å². The molecule has 0 saturated carbocycles. The highest BCUT2D eigenvalue weighted by atomic mass is 16.5. The highest BCUT2D eigenvalue weighted by molar-refractivity contribution is 6.04. The van der Waals surface area contributed by atoms with E-state index in [1.807, 2.05) is 30.3 Å². The van der Waals surface area contributed by atoms with Gasteiger partial charge < -0.3 is 14.8 Å². The molecule has 1 N–H and O–H groups in total. The van der Waals surface area contributed by atoms with E-state index < -0.39 is 5.97 Å². The molecular formula is C21H17NO4. The number of ether oxygens (including phenoxy) is 2. The van der Waals surface area contributed by atoms with Crippen LogP contribution in [0.4, 0.5) is 5.69 Å². The van der Waals surface area contributed by atoms with Crippen LogP contribution in [0.5, 0.6) is 17.2 Å². The SMILES string of the molecule is CC(=O)Oc1cccc(C(=O)Nc2ccc(Oc3ccccc3)cc2)c1. The number of amides is 1. The summed E-state index contributed by atoms with van der Waals surface area (Å²) in [7, 11) is 0. The Labute approximate surface area is 151 Å².